The van der Waals surface area contributed by atoms with E-state index in [0.29, 0.717) is 17.5 Å². The van der Waals surface area contributed by atoms with Crippen LogP contribution in [0.1, 0.15) is 40.7 Å². The van der Waals surface area contributed by atoms with E-state index in [2.05, 4.69) is 53.2 Å². The molecule has 5 rings (SSSR count). The summed E-state index contributed by atoms with van der Waals surface area (Å²) >= 11 is 0. The SMILES string of the molecule is Cc1ccc(Cc2cccc3c2CCN(C2CCS(=O)(=O)CC2)C3)cc1-c1ccc(F)cn1. The molecule has 0 atom stereocenters. The largest absolute Gasteiger partial charge is 0.296 e. The number of hydrogen-bond acceptors (Lipinski definition) is 4. The van der Waals surface area contributed by atoms with Crippen LogP contribution in [0.3, 0.4) is 0 Å². The third-order valence-electron chi connectivity index (χ3n) is 7.13. The molecule has 0 bridgehead atoms. The van der Waals surface area contributed by atoms with E-state index in [1.54, 1.807) is 6.07 Å². The highest BCUT2D eigenvalue weighted by molar-refractivity contribution is 7.91. The van der Waals surface area contributed by atoms with Crippen LogP contribution in [-0.2, 0) is 29.2 Å². The molecule has 0 amide bonds. The highest BCUT2D eigenvalue weighted by atomic mass is 32.2. The van der Waals surface area contributed by atoms with E-state index in [1.165, 1.54) is 34.5 Å². The Morgan fingerprint density at radius 1 is 1.09 bits per heavy atom. The summed E-state index contributed by atoms with van der Waals surface area (Å²) in [6.45, 7) is 3.93. The third-order valence-corrected chi connectivity index (χ3v) is 8.85. The summed E-state index contributed by atoms with van der Waals surface area (Å²) in [5, 5.41) is 0. The monoisotopic (exact) mass is 464 g/mol. The number of sulfone groups is 1. The second-order valence-corrected chi connectivity index (χ2v) is 11.6. The fraction of sp³-hybridized carbons (Fsp3) is 0.370. The van der Waals surface area contributed by atoms with Gasteiger partial charge in [0.15, 0.2) is 0 Å². The maximum absolute atomic E-state index is 13.3. The molecule has 1 aromatic heterocycles. The lowest BCUT2D eigenvalue weighted by Crippen LogP contribution is -2.43. The topological polar surface area (TPSA) is 50.3 Å². The molecule has 1 fully saturated rings. The molecule has 0 N–H and O–H groups in total. The van der Waals surface area contributed by atoms with Gasteiger partial charge in [0.05, 0.1) is 23.4 Å². The maximum atomic E-state index is 13.3. The van der Waals surface area contributed by atoms with Gasteiger partial charge in [-0.25, -0.2) is 12.8 Å². The molecule has 172 valence electrons. The van der Waals surface area contributed by atoms with Crippen LogP contribution in [0.25, 0.3) is 11.3 Å². The van der Waals surface area contributed by atoms with Crippen molar-refractivity contribution in [3.63, 3.8) is 0 Å². The number of rotatable bonds is 4. The standard InChI is InChI=1S/C27H29FN2O2S/c1-19-5-6-20(16-26(19)27-8-7-23(28)17-29-27)15-21-3-2-4-22-18-30(12-9-25(21)22)24-10-13-33(31,32)14-11-24/h2-8,16-17,24H,9-15,18H2,1H3. The summed E-state index contributed by atoms with van der Waals surface area (Å²) in [5.41, 5.74) is 8.30. The molecule has 0 radical (unpaired) electrons. The van der Waals surface area contributed by atoms with Gasteiger partial charge in [-0.2, -0.15) is 0 Å². The first kappa shape index (κ1) is 22.2. The van der Waals surface area contributed by atoms with E-state index < -0.39 is 9.84 Å². The Morgan fingerprint density at radius 3 is 2.67 bits per heavy atom. The summed E-state index contributed by atoms with van der Waals surface area (Å²) in [7, 11) is -2.83. The lowest BCUT2D eigenvalue weighted by molar-refractivity contribution is 0.166. The summed E-state index contributed by atoms with van der Waals surface area (Å²) in [6.07, 6.45) is 4.61. The van der Waals surface area contributed by atoms with Gasteiger partial charge < -0.3 is 0 Å². The predicted octanol–water partition coefficient (Wildman–Crippen LogP) is 4.72. The average molecular weight is 465 g/mol. The Kier molecular flexibility index (Phi) is 6.06. The quantitative estimate of drug-likeness (QED) is 0.561. The number of pyridine rings is 1. The van der Waals surface area contributed by atoms with Crippen molar-refractivity contribution < 1.29 is 12.8 Å². The molecule has 2 aromatic carbocycles. The predicted molar refractivity (Wildman–Crippen MR) is 129 cm³/mol. The molecule has 0 aliphatic carbocycles. The first-order valence-corrected chi connectivity index (χ1v) is 13.5. The number of nitrogens with zero attached hydrogens (tertiary/aromatic N) is 2. The van der Waals surface area contributed by atoms with Crippen LogP contribution in [0.15, 0.2) is 54.7 Å². The van der Waals surface area contributed by atoms with Crippen molar-refractivity contribution >= 4 is 9.84 Å². The normalized spacial score (nSPS) is 18.7. The van der Waals surface area contributed by atoms with E-state index in [1.807, 2.05) is 0 Å². The molecule has 0 unspecified atom stereocenters. The second-order valence-electron chi connectivity index (χ2n) is 9.35. The molecule has 2 aliphatic heterocycles. The molecular weight excluding hydrogens is 435 g/mol. The van der Waals surface area contributed by atoms with Crippen LogP contribution in [0.2, 0.25) is 0 Å². The summed E-state index contributed by atoms with van der Waals surface area (Å²) in [6, 6.07) is 16.6. The van der Waals surface area contributed by atoms with E-state index >= 15 is 0 Å². The molecular formula is C27H29FN2O2S. The van der Waals surface area contributed by atoms with Gasteiger partial charge in [0, 0.05) is 24.7 Å². The van der Waals surface area contributed by atoms with Gasteiger partial charge in [0.25, 0.3) is 0 Å². The van der Waals surface area contributed by atoms with Gasteiger partial charge in [-0.15, -0.1) is 0 Å². The highest BCUT2D eigenvalue weighted by Crippen LogP contribution is 2.30. The van der Waals surface area contributed by atoms with E-state index in [9.17, 15) is 12.8 Å². The zero-order valence-corrected chi connectivity index (χ0v) is 19.7. The number of aromatic nitrogens is 1. The zero-order valence-electron chi connectivity index (χ0n) is 18.9. The van der Waals surface area contributed by atoms with Crippen LogP contribution >= 0.6 is 0 Å². The van der Waals surface area contributed by atoms with Crippen molar-refractivity contribution in [2.24, 2.45) is 0 Å². The smallest absolute Gasteiger partial charge is 0.150 e. The second kappa shape index (κ2) is 8.99. The van der Waals surface area contributed by atoms with Gasteiger partial charge in [0.1, 0.15) is 15.7 Å². The number of aryl methyl sites for hydroxylation is 1. The highest BCUT2D eigenvalue weighted by Gasteiger charge is 2.30. The van der Waals surface area contributed by atoms with Crippen LogP contribution in [0.5, 0.6) is 0 Å². The molecule has 3 aromatic rings. The fourth-order valence-electron chi connectivity index (χ4n) is 5.24. The van der Waals surface area contributed by atoms with E-state index in [-0.39, 0.29) is 5.82 Å². The van der Waals surface area contributed by atoms with Gasteiger partial charge in [-0.05, 0) is 78.6 Å². The molecule has 0 saturated carbocycles. The van der Waals surface area contributed by atoms with Gasteiger partial charge in [-0.1, -0.05) is 30.3 Å². The lowest BCUT2D eigenvalue weighted by Gasteiger charge is -2.38. The van der Waals surface area contributed by atoms with E-state index in [0.717, 1.165) is 55.6 Å². The molecule has 1 saturated heterocycles. The van der Waals surface area contributed by atoms with Crippen molar-refractivity contribution in [1.82, 2.24) is 9.88 Å². The van der Waals surface area contributed by atoms with E-state index in [4.69, 9.17) is 0 Å². The molecule has 3 heterocycles. The average Bonchev–Trinajstić information content (AvgIpc) is 2.81. The van der Waals surface area contributed by atoms with Crippen molar-refractivity contribution in [2.45, 2.75) is 45.2 Å². The van der Waals surface area contributed by atoms with Gasteiger partial charge in [0.2, 0.25) is 0 Å². The minimum Gasteiger partial charge on any atom is -0.296 e. The summed E-state index contributed by atoms with van der Waals surface area (Å²) in [4.78, 5) is 6.75. The number of benzene rings is 2. The Morgan fingerprint density at radius 2 is 1.91 bits per heavy atom. The number of fused-ring (bicyclic) bond motifs is 1. The molecule has 33 heavy (non-hydrogen) atoms. The molecule has 4 nitrogen and oxygen atoms in total. The third kappa shape index (κ3) is 4.87. The van der Waals surface area contributed by atoms with Crippen LogP contribution < -0.4 is 0 Å². The number of hydrogen-bond donors (Lipinski definition) is 0. The lowest BCUT2D eigenvalue weighted by atomic mass is 9.89. The van der Waals surface area contributed by atoms with Crippen molar-refractivity contribution in [3.05, 3.63) is 88.4 Å². The maximum Gasteiger partial charge on any atom is 0.150 e. The molecule has 0 spiro atoms. The molecule has 6 heteroatoms. The van der Waals surface area contributed by atoms with Crippen LogP contribution in [0.4, 0.5) is 4.39 Å². The van der Waals surface area contributed by atoms with Crippen molar-refractivity contribution in [1.29, 1.82) is 0 Å². The summed E-state index contributed by atoms with van der Waals surface area (Å²) in [5.74, 6) is 0.312. The minimum atomic E-state index is -2.83. The minimum absolute atomic E-state index is 0.319. The number of halogens is 1. The van der Waals surface area contributed by atoms with Gasteiger partial charge >= 0.3 is 0 Å². The van der Waals surface area contributed by atoms with Crippen LogP contribution in [0, 0.1) is 12.7 Å². The Bertz CT molecular complexity index is 1260. The van der Waals surface area contributed by atoms with Crippen molar-refractivity contribution in [3.8, 4) is 11.3 Å². The zero-order chi connectivity index (χ0) is 23.0. The Balaban J connectivity index is 1.35. The Labute approximate surface area is 195 Å². The first-order valence-electron chi connectivity index (χ1n) is 11.6. The van der Waals surface area contributed by atoms with Gasteiger partial charge in [-0.3, -0.25) is 9.88 Å². The first-order chi connectivity index (χ1) is 15.9. The summed E-state index contributed by atoms with van der Waals surface area (Å²) < 4.78 is 36.9. The van der Waals surface area contributed by atoms with Crippen LogP contribution in [-0.4, -0.2) is 42.4 Å². The fourth-order valence-corrected chi connectivity index (χ4v) is 6.71. The molecule has 2 aliphatic rings. The van der Waals surface area contributed by atoms with Crippen molar-refractivity contribution in [2.75, 3.05) is 18.1 Å². The Hall–Kier alpha value is -2.57.